The fourth-order valence-corrected chi connectivity index (χ4v) is 3.91. The van der Waals surface area contributed by atoms with Crippen molar-refractivity contribution in [3.8, 4) is 5.69 Å². The SMILES string of the molecule is Cc1cc(C)n(-c2ccc(CCNC(=O)CCCn3c(=O)oc4cc([N+](=O)[O-])ccc43)cc2)n1. The number of carbonyl (C=O) groups is 1. The third kappa shape index (κ3) is 5.06. The van der Waals surface area contributed by atoms with Crippen LogP contribution in [-0.4, -0.2) is 31.7 Å². The highest BCUT2D eigenvalue weighted by Gasteiger charge is 2.14. The molecular weight excluding hydrogens is 438 g/mol. The van der Waals surface area contributed by atoms with Crippen LogP contribution in [0.5, 0.6) is 0 Å². The lowest BCUT2D eigenvalue weighted by Gasteiger charge is -2.08. The summed E-state index contributed by atoms with van der Waals surface area (Å²) in [6.45, 7) is 4.77. The van der Waals surface area contributed by atoms with E-state index in [-0.39, 0.29) is 30.1 Å². The first-order valence-electron chi connectivity index (χ1n) is 11.0. The summed E-state index contributed by atoms with van der Waals surface area (Å²) in [5.41, 5.74) is 4.64. The number of rotatable bonds is 9. The summed E-state index contributed by atoms with van der Waals surface area (Å²) < 4.78 is 8.39. The van der Waals surface area contributed by atoms with Crippen molar-refractivity contribution >= 4 is 22.7 Å². The molecular formula is C24H25N5O5. The molecule has 2 heterocycles. The van der Waals surface area contributed by atoms with Gasteiger partial charge in [-0.2, -0.15) is 5.10 Å². The molecule has 0 spiro atoms. The molecule has 10 nitrogen and oxygen atoms in total. The van der Waals surface area contributed by atoms with Crippen molar-refractivity contribution in [1.82, 2.24) is 19.7 Å². The van der Waals surface area contributed by atoms with Crippen LogP contribution in [0.25, 0.3) is 16.8 Å². The van der Waals surface area contributed by atoms with Crippen LogP contribution in [0.2, 0.25) is 0 Å². The standard InChI is InChI=1S/C24H25N5O5/c1-16-14-17(2)28(26-16)19-7-5-18(6-8-19)11-12-25-23(30)4-3-13-27-21-10-9-20(29(32)33)15-22(21)34-24(27)31/h5-10,14-15H,3-4,11-13H2,1-2H3,(H,25,30). The number of amides is 1. The van der Waals surface area contributed by atoms with Gasteiger partial charge in [0, 0.05) is 31.3 Å². The number of nitro benzene ring substituents is 1. The molecule has 0 bridgehead atoms. The lowest BCUT2D eigenvalue weighted by atomic mass is 10.1. The van der Waals surface area contributed by atoms with E-state index in [9.17, 15) is 19.7 Å². The minimum absolute atomic E-state index is 0.101. The molecule has 0 radical (unpaired) electrons. The third-order valence-electron chi connectivity index (χ3n) is 5.57. The normalized spacial score (nSPS) is 11.1. The number of aryl methyl sites for hydroxylation is 3. The van der Waals surface area contributed by atoms with E-state index in [4.69, 9.17) is 4.42 Å². The van der Waals surface area contributed by atoms with Crippen molar-refractivity contribution < 1.29 is 14.1 Å². The smallest absolute Gasteiger partial charge is 0.407 e. The minimum atomic E-state index is -0.597. The molecule has 10 heteroatoms. The largest absolute Gasteiger partial charge is 0.419 e. The number of nitro groups is 1. The van der Waals surface area contributed by atoms with Gasteiger partial charge in [-0.15, -0.1) is 0 Å². The van der Waals surface area contributed by atoms with Crippen LogP contribution < -0.4 is 11.1 Å². The van der Waals surface area contributed by atoms with Crippen molar-refractivity contribution in [1.29, 1.82) is 0 Å². The Kier molecular flexibility index (Phi) is 6.58. The van der Waals surface area contributed by atoms with Gasteiger partial charge in [-0.3, -0.25) is 19.5 Å². The predicted octanol–water partition coefficient (Wildman–Crippen LogP) is 3.44. The molecule has 4 aromatic rings. The second kappa shape index (κ2) is 9.74. The van der Waals surface area contributed by atoms with Gasteiger partial charge >= 0.3 is 5.76 Å². The zero-order chi connectivity index (χ0) is 24.2. The number of oxazole rings is 1. The number of non-ortho nitro benzene ring substituents is 1. The van der Waals surface area contributed by atoms with Crippen molar-refractivity contribution in [3.05, 3.63) is 86.1 Å². The summed E-state index contributed by atoms with van der Waals surface area (Å²) >= 11 is 0. The number of fused-ring (bicyclic) bond motifs is 1. The van der Waals surface area contributed by atoms with E-state index in [1.807, 2.05) is 48.9 Å². The summed E-state index contributed by atoms with van der Waals surface area (Å²) in [5, 5.41) is 18.3. The molecule has 0 fully saturated rings. The number of hydrogen-bond donors (Lipinski definition) is 1. The lowest BCUT2D eigenvalue weighted by molar-refractivity contribution is -0.384. The minimum Gasteiger partial charge on any atom is -0.407 e. The van der Waals surface area contributed by atoms with E-state index in [0.717, 1.165) is 22.6 Å². The molecule has 0 saturated carbocycles. The van der Waals surface area contributed by atoms with E-state index in [0.29, 0.717) is 24.9 Å². The number of nitrogens with zero attached hydrogens (tertiary/aromatic N) is 4. The van der Waals surface area contributed by atoms with Crippen LogP contribution in [0, 0.1) is 24.0 Å². The molecule has 1 N–H and O–H groups in total. The fourth-order valence-electron chi connectivity index (χ4n) is 3.91. The summed E-state index contributed by atoms with van der Waals surface area (Å²) in [6.07, 6.45) is 1.39. The van der Waals surface area contributed by atoms with Gasteiger partial charge in [0.2, 0.25) is 5.91 Å². The molecule has 2 aromatic heterocycles. The van der Waals surface area contributed by atoms with Gasteiger partial charge in [-0.05, 0) is 56.5 Å². The Labute approximate surface area is 195 Å². The van der Waals surface area contributed by atoms with Gasteiger partial charge in [0.25, 0.3) is 5.69 Å². The summed E-state index contributed by atoms with van der Waals surface area (Å²) in [5.74, 6) is -0.699. The van der Waals surface area contributed by atoms with Crippen LogP contribution in [-0.2, 0) is 17.8 Å². The van der Waals surface area contributed by atoms with E-state index < -0.39 is 10.7 Å². The average molecular weight is 463 g/mol. The maximum Gasteiger partial charge on any atom is 0.419 e. The molecule has 0 aliphatic rings. The molecule has 0 atom stereocenters. The van der Waals surface area contributed by atoms with Gasteiger partial charge in [0.1, 0.15) is 0 Å². The number of benzene rings is 2. The van der Waals surface area contributed by atoms with E-state index in [1.54, 1.807) is 0 Å². The molecule has 0 saturated heterocycles. The van der Waals surface area contributed by atoms with Crippen LogP contribution in [0.3, 0.4) is 0 Å². The van der Waals surface area contributed by atoms with Crippen molar-refractivity contribution in [2.45, 2.75) is 39.7 Å². The number of aromatic nitrogens is 3. The van der Waals surface area contributed by atoms with Crippen molar-refractivity contribution in [3.63, 3.8) is 0 Å². The van der Waals surface area contributed by atoms with Gasteiger partial charge in [0.15, 0.2) is 5.58 Å². The first-order chi connectivity index (χ1) is 16.3. The maximum absolute atomic E-state index is 12.2. The van der Waals surface area contributed by atoms with Crippen molar-refractivity contribution in [2.24, 2.45) is 0 Å². The zero-order valence-corrected chi connectivity index (χ0v) is 19.0. The quantitative estimate of drug-likeness (QED) is 0.299. The lowest BCUT2D eigenvalue weighted by Crippen LogP contribution is -2.26. The Bertz CT molecular complexity index is 1400. The maximum atomic E-state index is 12.2. The Hall–Kier alpha value is -4.21. The molecule has 34 heavy (non-hydrogen) atoms. The van der Waals surface area contributed by atoms with Crippen LogP contribution in [0.4, 0.5) is 5.69 Å². The highest BCUT2D eigenvalue weighted by atomic mass is 16.6. The number of carbonyl (C=O) groups excluding carboxylic acids is 1. The molecule has 4 rings (SSSR count). The van der Waals surface area contributed by atoms with Gasteiger partial charge in [0.05, 0.1) is 27.9 Å². The van der Waals surface area contributed by atoms with Crippen molar-refractivity contribution in [2.75, 3.05) is 6.54 Å². The molecule has 0 unspecified atom stereocenters. The number of hydrogen-bond acceptors (Lipinski definition) is 6. The first kappa shape index (κ1) is 23.0. The highest BCUT2D eigenvalue weighted by Crippen LogP contribution is 2.20. The molecule has 2 aromatic carbocycles. The van der Waals surface area contributed by atoms with Gasteiger partial charge in [-0.1, -0.05) is 12.1 Å². The van der Waals surface area contributed by atoms with Crippen LogP contribution >= 0.6 is 0 Å². The Morgan fingerprint density at radius 1 is 1.15 bits per heavy atom. The zero-order valence-electron chi connectivity index (χ0n) is 19.0. The topological polar surface area (TPSA) is 125 Å². The first-order valence-corrected chi connectivity index (χ1v) is 11.0. The predicted molar refractivity (Wildman–Crippen MR) is 126 cm³/mol. The van der Waals surface area contributed by atoms with E-state index in [2.05, 4.69) is 10.4 Å². The number of nitrogens with one attached hydrogen (secondary N) is 1. The highest BCUT2D eigenvalue weighted by molar-refractivity contribution is 5.76. The second-order valence-electron chi connectivity index (χ2n) is 8.14. The monoisotopic (exact) mass is 463 g/mol. The Morgan fingerprint density at radius 2 is 1.91 bits per heavy atom. The molecule has 0 aliphatic carbocycles. The van der Waals surface area contributed by atoms with Crippen LogP contribution in [0.1, 0.15) is 29.8 Å². The fraction of sp³-hybridized carbons (Fsp3) is 0.292. The van der Waals surface area contributed by atoms with E-state index >= 15 is 0 Å². The Morgan fingerprint density at radius 3 is 2.59 bits per heavy atom. The van der Waals surface area contributed by atoms with Gasteiger partial charge < -0.3 is 9.73 Å². The summed E-state index contributed by atoms with van der Waals surface area (Å²) in [4.78, 5) is 34.6. The Balaban J connectivity index is 1.24. The average Bonchev–Trinajstić information content (AvgIpc) is 3.31. The second-order valence-corrected chi connectivity index (χ2v) is 8.14. The van der Waals surface area contributed by atoms with Crippen LogP contribution in [0.15, 0.2) is 57.7 Å². The molecule has 0 aliphatic heterocycles. The summed E-state index contributed by atoms with van der Waals surface area (Å²) in [6, 6.07) is 14.1. The molecule has 176 valence electrons. The molecule has 1 amide bonds. The van der Waals surface area contributed by atoms with E-state index in [1.165, 1.54) is 22.8 Å². The third-order valence-corrected chi connectivity index (χ3v) is 5.57. The summed E-state index contributed by atoms with van der Waals surface area (Å²) in [7, 11) is 0. The van der Waals surface area contributed by atoms with Gasteiger partial charge in [-0.25, -0.2) is 9.48 Å².